The van der Waals surface area contributed by atoms with Gasteiger partial charge in [0.25, 0.3) is 0 Å². The average molecular weight is 297 g/mol. The Hall–Kier alpha value is -3.00. The lowest BCUT2D eigenvalue weighted by atomic mass is 10.1. The third kappa shape index (κ3) is 3.55. The first-order valence-electron chi connectivity index (χ1n) is 6.52. The second-order valence-corrected chi connectivity index (χ2v) is 4.61. The number of Topliss-reactive ketones (excluding diaryl/α,β-unsaturated/α-hetero) is 1. The molecule has 0 unspecified atom stereocenters. The molecular formula is C17H12FNO3. The summed E-state index contributed by atoms with van der Waals surface area (Å²) < 4.78 is 17.9. The maximum Gasteiger partial charge on any atom is 0.338 e. The van der Waals surface area contributed by atoms with Gasteiger partial charge in [-0.3, -0.25) is 4.79 Å². The second kappa shape index (κ2) is 6.64. The van der Waals surface area contributed by atoms with Crippen molar-refractivity contribution in [3.63, 3.8) is 0 Å². The molecule has 0 amide bonds. The number of nitriles is 1. The minimum absolute atomic E-state index is 0.248. The number of ketones is 1. The standard InChI is InChI=1S/C17H12FNO3/c1-11(16(20)13-6-8-15(18)9-7-13)22-17(21)14-4-2-12(10-19)3-5-14/h2-9,11H,1H3/t11-/m0/s1. The zero-order valence-corrected chi connectivity index (χ0v) is 11.7. The molecule has 1 atom stereocenters. The fraction of sp³-hybridized carbons (Fsp3) is 0.118. The number of rotatable bonds is 4. The first-order valence-corrected chi connectivity index (χ1v) is 6.52. The van der Waals surface area contributed by atoms with Gasteiger partial charge in [-0.15, -0.1) is 0 Å². The van der Waals surface area contributed by atoms with Crippen molar-refractivity contribution in [2.45, 2.75) is 13.0 Å². The van der Waals surface area contributed by atoms with Crippen molar-refractivity contribution in [1.29, 1.82) is 5.26 Å². The van der Waals surface area contributed by atoms with Crippen LogP contribution >= 0.6 is 0 Å². The van der Waals surface area contributed by atoms with E-state index in [4.69, 9.17) is 10.00 Å². The minimum atomic E-state index is -0.992. The molecule has 0 saturated heterocycles. The number of carbonyl (C=O) groups excluding carboxylic acids is 2. The number of hydrogen-bond donors (Lipinski definition) is 0. The summed E-state index contributed by atoms with van der Waals surface area (Å²) in [6, 6.07) is 12.8. The Kier molecular flexibility index (Phi) is 4.64. The van der Waals surface area contributed by atoms with Crippen molar-refractivity contribution in [3.8, 4) is 6.07 Å². The van der Waals surface area contributed by atoms with Crippen molar-refractivity contribution in [3.05, 3.63) is 71.0 Å². The van der Waals surface area contributed by atoms with E-state index in [0.717, 1.165) is 0 Å². The van der Waals surface area contributed by atoms with E-state index in [-0.39, 0.29) is 11.1 Å². The monoisotopic (exact) mass is 297 g/mol. The summed E-state index contributed by atoms with van der Waals surface area (Å²) in [5.41, 5.74) is 0.936. The molecule has 0 aliphatic rings. The number of ether oxygens (including phenoxy) is 1. The largest absolute Gasteiger partial charge is 0.451 e. The van der Waals surface area contributed by atoms with Crippen LogP contribution in [-0.4, -0.2) is 17.9 Å². The summed E-state index contributed by atoms with van der Waals surface area (Å²) in [6.45, 7) is 1.45. The smallest absolute Gasteiger partial charge is 0.338 e. The lowest BCUT2D eigenvalue weighted by Gasteiger charge is -2.12. The van der Waals surface area contributed by atoms with Gasteiger partial charge in [0, 0.05) is 5.56 Å². The molecule has 2 aromatic carbocycles. The lowest BCUT2D eigenvalue weighted by Crippen LogP contribution is -2.24. The summed E-state index contributed by atoms with van der Waals surface area (Å²) in [6.07, 6.45) is -0.992. The van der Waals surface area contributed by atoms with Crippen molar-refractivity contribution < 1.29 is 18.7 Å². The predicted molar refractivity (Wildman–Crippen MR) is 76.8 cm³/mol. The van der Waals surface area contributed by atoms with Crippen molar-refractivity contribution in [2.24, 2.45) is 0 Å². The van der Waals surface area contributed by atoms with E-state index in [1.165, 1.54) is 55.5 Å². The molecule has 0 N–H and O–H groups in total. The summed E-state index contributed by atoms with van der Waals surface area (Å²) in [4.78, 5) is 24.0. The summed E-state index contributed by atoms with van der Waals surface area (Å²) in [5.74, 6) is -1.52. The van der Waals surface area contributed by atoms with Gasteiger partial charge >= 0.3 is 5.97 Å². The molecule has 0 bridgehead atoms. The van der Waals surface area contributed by atoms with Crippen LogP contribution in [-0.2, 0) is 4.74 Å². The van der Waals surface area contributed by atoms with Gasteiger partial charge in [-0.25, -0.2) is 9.18 Å². The van der Waals surface area contributed by atoms with Crippen LogP contribution < -0.4 is 0 Å². The number of benzene rings is 2. The third-order valence-electron chi connectivity index (χ3n) is 3.03. The van der Waals surface area contributed by atoms with Gasteiger partial charge in [0.15, 0.2) is 6.10 Å². The topological polar surface area (TPSA) is 67.2 Å². The van der Waals surface area contributed by atoms with Crippen LogP contribution in [0.2, 0.25) is 0 Å². The Balaban J connectivity index is 2.05. The lowest BCUT2D eigenvalue weighted by molar-refractivity contribution is 0.0319. The van der Waals surface area contributed by atoms with Gasteiger partial charge in [-0.05, 0) is 55.5 Å². The second-order valence-electron chi connectivity index (χ2n) is 4.61. The molecule has 0 aromatic heterocycles. The van der Waals surface area contributed by atoms with E-state index in [1.54, 1.807) is 0 Å². The van der Waals surface area contributed by atoms with E-state index >= 15 is 0 Å². The highest BCUT2D eigenvalue weighted by Gasteiger charge is 2.20. The molecule has 22 heavy (non-hydrogen) atoms. The SMILES string of the molecule is C[C@H](OC(=O)c1ccc(C#N)cc1)C(=O)c1ccc(F)cc1. The van der Waals surface area contributed by atoms with Crippen molar-refractivity contribution in [1.82, 2.24) is 0 Å². The van der Waals surface area contributed by atoms with Crippen LogP contribution in [0.3, 0.4) is 0 Å². The molecule has 2 rings (SSSR count). The first-order chi connectivity index (χ1) is 10.5. The quantitative estimate of drug-likeness (QED) is 0.642. The Bertz CT molecular complexity index is 730. The highest BCUT2D eigenvalue weighted by atomic mass is 19.1. The average Bonchev–Trinajstić information content (AvgIpc) is 2.54. The van der Waals surface area contributed by atoms with Crippen molar-refractivity contribution >= 4 is 11.8 Å². The zero-order chi connectivity index (χ0) is 16.1. The van der Waals surface area contributed by atoms with Crippen LogP contribution in [0, 0.1) is 17.1 Å². The molecule has 110 valence electrons. The summed E-state index contributed by atoms with van der Waals surface area (Å²) >= 11 is 0. The van der Waals surface area contributed by atoms with E-state index < -0.39 is 23.7 Å². The third-order valence-corrected chi connectivity index (χ3v) is 3.03. The van der Waals surface area contributed by atoms with E-state index in [0.29, 0.717) is 5.56 Å². The zero-order valence-electron chi connectivity index (χ0n) is 11.7. The van der Waals surface area contributed by atoms with Gasteiger partial charge in [0.1, 0.15) is 5.82 Å². The van der Waals surface area contributed by atoms with Crippen LogP contribution in [0.25, 0.3) is 0 Å². The van der Waals surface area contributed by atoms with Crippen LogP contribution in [0.4, 0.5) is 4.39 Å². The maximum absolute atomic E-state index is 12.8. The Morgan fingerprint density at radius 3 is 2.14 bits per heavy atom. The Labute approximate surface area is 126 Å². The van der Waals surface area contributed by atoms with Gasteiger partial charge in [0.05, 0.1) is 17.2 Å². The molecule has 0 fully saturated rings. The van der Waals surface area contributed by atoms with E-state index in [9.17, 15) is 14.0 Å². The first kappa shape index (κ1) is 15.4. The molecule has 5 heteroatoms. The normalized spacial score (nSPS) is 11.3. The molecule has 0 aliphatic heterocycles. The van der Waals surface area contributed by atoms with Crippen LogP contribution in [0.15, 0.2) is 48.5 Å². The van der Waals surface area contributed by atoms with E-state index in [1.807, 2.05) is 6.07 Å². The predicted octanol–water partition coefficient (Wildman–Crippen LogP) is 3.13. The van der Waals surface area contributed by atoms with Crippen LogP contribution in [0.1, 0.15) is 33.2 Å². The fourth-order valence-electron chi connectivity index (χ4n) is 1.81. The Morgan fingerprint density at radius 2 is 1.59 bits per heavy atom. The van der Waals surface area contributed by atoms with Crippen molar-refractivity contribution in [2.75, 3.05) is 0 Å². The molecule has 2 aromatic rings. The number of hydrogen-bond acceptors (Lipinski definition) is 4. The van der Waals surface area contributed by atoms with Gasteiger partial charge < -0.3 is 4.74 Å². The van der Waals surface area contributed by atoms with Gasteiger partial charge in [-0.1, -0.05) is 0 Å². The van der Waals surface area contributed by atoms with Gasteiger partial charge in [0.2, 0.25) is 5.78 Å². The van der Waals surface area contributed by atoms with Gasteiger partial charge in [-0.2, -0.15) is 5.26 Å². The molecular weight excluding hydrogens is 285 g/mol. The van der Waals surface area contributed by atoms with E-state index in [2.05, 4.69) is 0 Å². The molecule has 0 spiro atoms. The molecule has 0 heterocycles. The highest BCUT2D eigenvalue weighted by Crippen LogP contribution is 2.11. The Morgan fingerprint density at radius 1 is 1.05 bits per heavy atom. The highest BCUT2D eigenvalue weighted by molar-refractivity contribution is 6.01. The fourth-order valence-corrected chi connectivity index (χ4v) is 1.81. The number of halogens is 1. The minimum Gasteiger partial charge on any atom is -0.451 e. The summed E-state index contributed by atoms with van der Waals surface area (Å²) in [5, 5.41) is 8.69. The maximum atomic E-state index is 12.8. The molecule has 0 radical (unpaired) electrons. The summed E-state index contributed by atoms with van der Waals surface area (Å²) in [7, 11) is 0. The molecule has 0 aliphatic carbocycles. The number of carbonyl (C=O) groups is 2. The number of esters is 1. The molecule has 0 saturated carbocycles. The number of nitrogens with zero attached hydrogens (tertiary/aromatic N) is 1. The molecule has 4 nitrogen and oxygen atoms in total. The van der Waals surface area contributed by atoms with Crippen LogP contribution in [0.5, 0.6) is 0 Å².